The van der Waals surface area contributed by atoms with Gasteiger partial charge in [-0.25, -0.2) is 8.42 Å². The van der Waals surface area contributed by atoms with Crippen molar-refractivity contribution in [1.29, 1.82) is 0 Å². The molecule has 0 bridgehead atoms. The van der Waals surface area contributed by atoms with Crippen LogP contribution in [-0.4, -0.2) is 31.9 Å². The van der Waals surface area contributed by atoms with E-state index in [1.54, 1.807) is 16.4 Å². The van der Waals surface area contributed by atoms with Crippen LogP contribution in [0.4, 0.5) is 0 Å². The molecule has 0 aromatic carbocycles. The number of nitrogens with two attached hydrogens (primary N) is 1. The van der Waals surface area contributed by atoms with Gasteiger partial charge in [-0.3, -0.25) is 0 Å². The van der Waals surface area contributed by atoms with Gasteiger partial charge in [0.2, 0.25) is 0 Å². The number of hydrogen-bond acceptors (Lipinski definition) is 4. The lowest BCUT2D eigenvalue weighted by Gasteiger charge is -2.41. The van der Waals surface area contributed by atoms with E-state index in [2.05, 4.69) is 15.9 Å². The van der Waals surface area contributed by atoms with Crippen molar-refractivity contribution in [3.8, 4) is 0 Å². The minimum absolute atomic E-state index is 0.0546. The molecular weight excluding hydrogens is 336 g/mol. The van der Waals surface area contributed by atoms with Gasteiger partial charge in [-0.2, -0.15) is 4.31 Å². The summed E-state index contributed by atoms with van der Waals surface area (Å²) >= 11 is 4.54. The molecule has 1 unspecified atom stereocenters. The lowest BCUT2D eigenvalue weighted by Crippen LogP contribution is -2.53. The van der Waals surface area contributed by atoms with E-state index in [0.29, 0.717) is 23.7 Å². The van der Waals surface area contributed by atoms with Crippen LogP contribution in [0.25, 0.3) is 0 Å². The number of hydrogen-bond donors (Lipinski definition) is 1. The van der Waals surface area contributed by atoms with Crippen molar-refractivity contribution >= 4 is 37.3 Å². The molecule has 0 saturated carbocycles. The van der Waals surface area contributed by atoms with Gasteiger partial charge in [-0.05, 0) is 39.9 Å². The monoisotopic (exact) mass is 352 g/mol. The number of piperidine rings is 1. The average molecular weight is 353 g/mol. The first-order valence-electron chi connectivity index (χ1n) is 5.74. The topological polar surface area (TPSA) is 63.4 Å². The molecule has 0 amide bonds. The standard InChI is InChI=1S/C11H17BrN2O2S2/c1-11(2)7-14(6-5-8(11)13)18(15,16)10-4-3-9(12)17-10/h3-4,8H,5-7,13H2,1-2H3. The summed E-state index contributed by atoms with van der Waals surface area (Å²) in [4.78, 5) is 0. The second-order valence-electron chi connectivity index (χ2n) is 5.28. The molecule has 2 N–H and O–H groups in total. The molecule has 1 fully saturated rings. The minimum atomic E-state index is -3.37. The maximum atomic E-state index is 12.5. The van der Waals surface area contributed by atoms with Crippen molar-refractivity contribution in [1.82, 2.24) is 4.31 Å². The normalized spacial score (nSPS) is 25.2. The van der Waals surface area contributed by atoms with Gasteiger partial charge < -0.3 is 5.73 Å². The first kappa shape index (κ1) is 14.5. The van der Waals surface area contributed by atoms with Gasteiger partial charge >= 0.3 is 0 Å². The molecule has 0 spiro atoms. The molecular formula is C11H17BrN2O2S2. The van der Waals surface area contributed by atoms with Crippen molar-refractivity contribution < 1.29 is 8.42 Å². The molecule has 4 nitrogen and oxygen atoms in total. The second-order valence-corrected chi connectivity index (χ2v) is 9.91. The molecule has 1 saturated heterocycles. The second kappa shape index (κ2) is 4.86. The molecule has 18 heavy (non-hydrogen) atoms. The maximum absolute atomic E-state index is 12.5. The molecule has 1 aromatic rings. The Bertz CT molecular complexity index is 539. The highest BCUT2D eigenvalue weighted by Gasteiger charge is 2.39. The summed E-state index contributed by atoms with van der Waals surface area (Å²) in [6.45, 7) is 5.02. The van der Waals surface area contributed by atoms with Crippen molar-refractivity contribution in [3.05, 3.63) is 15.9 Å². The van der Waals surface area contributed by atoms with Crippen LogP contribution < -0.4 is 5.73 Å². The Morgan fingerprint density at radius 3 is 2.67 bits per heavy atom. The predicted octanol–water partition coefficient (Wildman–Crippen LogP) is 2.26. The fraction of sp³-hybridized carbons (Fsp3) is 0.636. The third-order valence-corrected chi connectivity index (χ3v) is 7.36. The summed E-state index contributed by atoms with van der Waals surface area (Å²) in [5.41, 5.74) is 5.85. The fourth-order valence-corrected chi connectivity index (χ4v) is 5.88. The van der Waals surface area contributed by atoms with E-state index in [1.807, 2.05) is 13.8 Å². The highest BCUT2D eigenvalue weighted by atomic mass is 79.9. The number of sulfonamides is 1. The van der Waals surface area contributed by atoms with Crippen molar-refractivity contribution in [3.63, 3.8) is 0 Å². The number of rotatable bonds is 2. The summed E-state index contributed by atoms with van der Waals surface area (Å²) < 4.78 is 27.7. The van der Waals surface area contributed by atoms with Gasteiger partial charge in [0.1, 0.15) is 4.21 Å². The Morgan fingerprint density at radius 1 is 1.50 bits per heavy atom. The number of thiophene rings is 1. The molecule has 1 atom stereocenters. The first-order chi connectivity index (χ1) is 8.23. The van der Waals surface area contributed by atoms with Crippen LogP contribution in [-0.2, 0) is 10.0 Å². The molecule has 102 valence electrons. The van der Waals surface area contributed by atoms with E-state index < -0.39 is 10.0 Å². The smallest absolute Gasteiger partial charge is 0.252 e. The molecule has 1 aromatic heterocycles. The fourth-order valence-electron chi connectivity index (χ4n) is 2.09. The summed E-state index contributed by atoms with van der Waals surface area (Å²) in [7, 11) is -3.37. The Balaban J connectivity index is 2.27. The molecule has 7 heteroatoms. The zero-order valence-corrected chi connectivity index (χ0v) is 13.6. The Kier molecular flexibility index (Phi) is 3.91. The minimum Gasteiger partial charge on any atom is -0.327 e. The van der Waals surface area contributed by atoms with Crippen LogP contribution in [0, 0.1) is 5.41 Å². The van der Waals surface area contributed by atoms with Crippen LogP contribution >= 0.6 is 27.3 Å². The Morgan fingerprint density at radius 2 is 2.17 bits per heavy atom. The zero-order chi connectivity index (χ0) is 13.6. The van der Waals surface area contributed by atoms with Gasteiger partial charge in [0.25, 0.3) is 10.0 Å². The third kappa shape index (κ3) is 2.65. The average Bonchev–Trinajstić information content (AvgIpc) is 2.69. The molecule has 2 rings (SSSR count). The van der Waals surface area contributed by atoms with E-state index in [1.165, 1.54) is 11.3 Å². The first-order valence-corrected chi connectivity index (χ1v) is 8.79. The number of halogens is 1. The van der Waals surface area contributed by atoms with E-state index in [9.17, 15) is 8.42 Å². The van der Waals surface area contributed by atoms with Gasteiger partial charge in [-0.15, -0.1) is 11.3 Å². The van der Waals surface area contributed by atoms with E-state index in [4.69, 9.17) is 5.73 Å². The lowest BCUT2D eigenvalue weighted by atomic mass is 9.81. The van der Waals surface area contributed by atoms with Crippen LogP contribution in [0.5, 0.6) is 0 Å². The van der Waals surface area contributed by atoms with Crippen LogP contribution in [0.2, 0.25) is 0 Å². The lowest BCUT2D eigenvalue weighted by molar-refractivity contribution is 0.156. The van der Waals surface area contributed by atoms with E-state index >= 15 is 0 Å². The van der Waals surface area contributed by atoms with Gasteiger partial charge in [0.05, 0.1) is 3.79 Å². The summed E-state index contributed by atoms with van der Waals surface area (Å²) in [5.74, 6) is 0. The number of nitrogens with zero attached hydrogens (tertiary/aromatic N) is 1. The Labute approximate surface area is 120 Å². The Hall–Kier alpha value is 0.0500. The summed E-state index contributed by atoms with van der Waals surface area (Å²) in [6.07, 6.45) is 0.707. The SMILES string of the molecule is CC1(C)CN(S(=O)(=O)c2ccc(Br)s2)CCC1N. The highest BCUT2D eigenvalue weighted by Crippen LogP contribution is 2.34. The summed E-state index contributed by atoms with van der Waals surface area (Å²) in [6, 6.07) is 3.46. The van der Waals surface area contributed by atoms with E-state index in [0.717, 1.165) is 3.79 Å². The van der Waals surface area contributed by atoms with Crippen LogP contribution in [0.3, 0.4) is 0 Å². The largest absolute Gasteiger partial charge is 0.327 e. The quantitative estimate of drug-likeness (QED) is 0.887. The molecule has 0 aliphatic carbocycles. The van der Waals surface area contributed by atoms with Crippen molar-refractivity contribution in [2.75, 3.05) is 13.1 Å². The predicted molar refractivity (Wildman–Crippen MR) is 77.2 cm³/mol. The molecule has 0 radical (unpaired) electrons. The molecule has 1 aliphatic rings. The maximum Gasteiger partial charge on any atom is 0.252 e. The van der Waals surface area contributed by atoms with Crippen molar-refractivity contribution in [2.24, 2.45) is 11.1 Å². The van der Waals surface area contributed by atoms with Crippen LogP contribution in [0.15, 0.2) is 20.1 Å². The zero-order valence-electron chi connectivity index (χ0n) is 10.4. The van der Waals surface area contributed by atoms with Gasteiger partial charge in [0.15, 0.2) is 0 Å². The van der Waals surface area contributed by atoms with Crippen molar-refractivity contribution in [2.45, 2.75) is 30.5 Å². The van der Waals surface area contributed by atoms with Gasteiger partial charge in [-0.1, -0.05) is 13.8 Å². The van der Waals surface area contributed by atoms with Crippen LogP contribution in [0.1, 0.15) is 20.3 Å². The summed E-state index contributed by atoms with van der Waals surface area (Å²) in [5, 5.41) is 0. The van der Waals surface area contributed by atoms with Gasteiger partial charge in [0, 0.05) is 19.1 Å². The molecule has 1 aliphatic heterocycles. The van der Waals surface area contributed by atoms with E-state index in [-0.39, 0.29) is 11.5 Å². The molecule has 2 heterocycles. The third-order valence-electron chi connectivity index (χ3n) is 3.42. The highest BCUT2D eigenvalue weighted by molar-refractivity contribution is 9.11.